The largest absolute Gasteiger partial charge is 0.335 e. The topological polar surface area (TPSA) is 57.3 Å². The van der Waals surface area contributed by atoms with Gasteiger partial charge < -0.3 is 15.5 Å². The molecule has 0 spiro atoms. The Morgan fingerprint density at radius 3 is 3.00 bits per heavy atom. The van der Waals surface area contributed by atoms with Gasteiger partial charge in [-0.25, -0.2) is 9.78 Å². The highest BCUT2D eigenvalue weighted by atomic mass is 32.1. The number of aromatic nitrogens is 1. The monoisotopic (exact) mass is 254 g/mol. The molecule has 1 fully saturated rings. The predicted molar refractivity (Wildman–Crippen MR) is 68.0 cm³/mol. The number of rotatable bonds is 3. The summed E-state index contributed by atoms with van der Waals surface area (Å²) in [5.41, 5.74) is 2.68. The highest BCUT2D eigenvalue weighted by Gasteiger charge is 2.18. The first kappa shape index (κ1) is 12.3. The molecule has 17 heavy (non-hydrogen) atoms. The van der Waals surface area contributed by atoms with Gasteiger partial charge in [-0.1, -0.05) is 0 Å². The summed E-state index contributed by atoms with van der Waals surface area (Å²) >= 11 is 1.54. The lowest BCUT2D eigenvalue weighted by Gasteiger charge is -2.29. The van der Waals surface area contributed by atoms with Crippen LogP contribution in [0.2, 0.25) is 0 Å². The molecule has 94 valence electrons. The number of hydrogen-bond donors (Lipinski definition) is 2. The van der Waals surface area contributed by atoms with E-state index in [-0.39, 0.29) is 6.03 Å². The van der Waals surface area contributed by atoms with Crippen LogP contribution in [0.5, 0.6) is 0 Å². The van der Waals surface area contributed by atoms with Gasteiger partial charge in [0.1, 0.15) is 0 Å². The molecule has 6 heteroatoms. The SMILES string of the molecule is CN1CCC(NC(=O)NCc2cscn2)CC1. The standard InChI is InChI=1S/C11H18N4OS/c1-15-4-2-9(3-5-15)14-11(16)12-6-10-7-17-8-13-10/h7-9H,2-6H2,1H3,(H2,12,14,16). The van der Waals surface area contributed by atoms with Crippen molar-refractivity contribution in [2.24, 2.45) is 0 Å². The molecule has 0 bridgehead atoms. The summed E-state index contributed by atoms with van der Waals surface area (Å²) in [4.78, 5) is 18.0. The second-order valence-corrected chi connectivity index (χ2v) is 5.10. The molecule has 1 aromatic rings. The van der Waals surface area contributed by atoms with Crippen LogP contribution in [0.15, 0.2) is 10.9 Å². The minimum atomic E-state index is -0.0902. The number of urea groups is 1. The van der Waals surface area contributed by atoms with Gasteiger partial charge in [-0.05, 0) is 33.0 Å². The Balaban J connectivity index is 1.67. The Hall–Kier alpha value is -1.14. The van der Waals surface area contributed by atoms with Crippen LogP contribution in [0.25, 0.3) is 0 Å². The highest BCUT2D eigenvalue weighted by Crippen LogP contribution is 2.07. The van der Waals surface area contributed by atoms with E-state index in [4.69, 9.17) is 0 Å². The molecule has 1 aliphatic rings. The molecule has 2 heterocycles. The molecule has 0 saturated carbocycles. The third kappa shape index (κ3) is 3.98. The van der Waals surface area contributed by atoms with E-state index >= 15 is 0 Å². The molecule has 1 aliphatic heterocycles. The van der Waals surface area contributed by atoms with Crippen LogP contribution >= 0.6 is 11.3 Å². The molecule has 2 amide bonds. The number of amides is 2. The maximum Gasteiger partial charge on any atom is 0.315 e. The van der Waals surface area contributed by atoms with Gasteiger partial charge in [-0.3, -0.25) is 0 Å². The lowest BCUT2D eigenvalue weighted by molar-refractivity contribution is 0.213. The van der Waals surface area contributed by atoms with Gasteiger partial charge in [0.05, 0.1) is 17.7 Å². The second-order valence-electron chi connectivity index (χ2n) is 4.38. The zero-order valence-corrected chi connectivity index (χ0v) is 10.8. The van der Waals surface area contributed by atoms with Gasteiger partial charge in [0.15, 0.2) is 0 Å². The van der Waals surface area contributed by atoms with Gasteiger partial charge >= 0.3 is 6.03 Å². The van der Waals surface area contributed by atoms with Crippen molar-refractivity contribution >= 4 is 17.4 Å². The van der Waals surface area contributed by atoms with Crippen molar-refractivity contribution in [1.29, 1.82) is 0 Å². The quantitative estimate of drug-likeness (QED) is 0.847. The smallest absolute Gasteiger partial charge is 0.315 e. The number of carbonyl (C=O) groups is 1. The van der Waals surface area contributed by atoms with Crippen molar-refractivity contribution in [3.05, 3.63) is 16.6 Å². The molecule has 0 radical (unpaired) electrons. The van der Waals surface area contributed by atoms with Crippen LogP contribution in [0.4, 0.5) is 4.79 Å². The molecule has 2 rings (SSSR count). The van der Waals surface area contributed by atoms with Gasteiger partial charge in [0.25, 0.3) is 0 Å². The van der Waals surface area contributed by atoms with E-state index in [1.165, 1.54) is 11.3 Å². The maximum atomic E-state index is 11.6. The Bertz CT molecular complexity index is 346. The zero-order valence-electron chi connectivity index (χ0n) is 9.98. The number of nitrogens with one attached hydrogen (secondary N) is 2. The van der Waals surface area contributed by atoms with E-state index in [2.05, 4.69) is 27.6 Å². The first-order valence-electron chi connectivity index (χ1n) is 5.84. The van der Waals surface area contributed by atoms with Crippen LogP contribution in [0, 0.1) is 0 Å². The summed E-state index contributed by atoms with van der Waals surface area (Å²) in [5, 5.41) is 7.77. The van der Waals surface area contributed by atoms with E-state index in [1.807, 2.05) is 5.38 Å². The molecule has 5 nitrogen and oxygen atoms in total. The van der Waals surface area contributed by atoms with Gasteiger partial charge in [-0.15, -0.1) is 11.3 Å². The van der Waals surface area contributed by atoms with E-state index in [9.17, 15) is 4.79 Å². The van der Waals surface area contributed by atoms with Crippen molar-refractivity contribution in [1.82, 2.24) is 20.5 Å². The highest BCUT2D eigenvalue weighted by molar-refractivity contribution is 7.07. The first-order valence-corrected chi connectivity index (χ1v) is 6.78. The average molecular weight is 254 g/mol. The molecule has 2 N–H and O–H groups in total. The van der Waals surface area contributed by atoms with Crippen LogP contribution in [-0.4, -0.2) is 42.1 Å². The first-order chi connectivity index (χ1) is 8.24. The summed E-state index contributed by atoms with van der Waals surface area (Å²) < 4.78 is 0. The second kappa shape index (κ2) is 5.97. The van der Waals surface area contributed by atoms with E-state index in [0.717, 1.165) is 31.6 Å². The fraction of sp³-hybridized carbons (Fsp3) is 0.636. The number of carbonyl (C=O) groups excluding carboxylic acids is 1. The molecule has 1 aromatic heterocycles. The molecule has 1 saturated heterocycles. The summed E-state index contributed by atoms with van der Waals surface area (Å²) in [6, 6.07) is 0.217. The van der Waals surface area contributed by atoms with E-state index in [0.29, 0.717) is 12.6 Å². The average Bonchev–Trinajstić information content (AvgIpc) is 2.83. The van der Waals surface area contributed by atoms with Crippen molar-refractivity contribution in [3.63, 3.8) is 0 Å². The van der Waals surface area contributed by atoms with E-state index < -0.39 is 0 Å². The number of piperidine rings is 1. The van der Waals surface area contributed by atoms with Gasteiger partial charge in [0, 0.05) is 11.4 Å². The molecular weight excluding hydrogens is 236 g/mol. The Morgan fingerprint density at radius 1 is 1.59 bits per heavy atom. The number of likely N-dealkylation sites (tertiary alicyclic amines) is 1. The van der Waals surface area contributed by atoms with Crippen molar-refractivity contribution in [2.75, 3.05) is 20.1 Å². The minimum absolute atomic E-state index is 0.0902. The molecule has 0 atom stereocenters. The fourth-order valence-corrected chi connectivity index (χ4v) is 2.44. The van der Waals surface area contributed by atoms with Crippen LogP contribution in [0.3, 0.4) is 0 Å². The summed E-state index contributed by atoms with van der Waals surface area (Å²) in [6.45, 7) is 2.61. The molecule has 0 aromatic carbocycles. The van der Waals surface area contributed by atoms with Crippen molar-refractivity contribution < 1.29 is 4.79 Å². The Morgan fingerprint density at radius 2 is 2.35 bits per heavy atom. The fourth-order valence-electron chi connectivity index (χ4n) is 1.89. The van der Waals surface area contributed by atoms with Crippen molar-refractivity contribution in [3.8, 4) is 0 Å². The molecule has 0 unspecified atom stereocenters. The Labute approximate surface area is 105 Å². The number of hydrogen-bond acceptors (Lipinski definition) is 4. The van der Waals surface area contributed by atoms with Gasteiger partial charge in [-0.2, -0.15) is 0 Å². The molecular formula is C11H18N4OS. The number of thiazole rings is 1. The van der Waals surface area contributed by atoms with Crippen LogP contribution < -0.4 is 10.6 Å². The third-order valence-corrected chi connectivity index (χ3v) is 3.60. The van der Waals surface area contributed by atoms with Crippen LogP contribution in [0.1, 0.15) is 18.5 Å². The maximum absolute atomic E-state index is 11.6. The number of nitrogens with zero attached hydrogens (tertiary/aromatic N) is 2. The summed E-state index contributed by atoms with van der Waals surface area (Å²) in [6.07, 6.45) is 2.06. The molecule has 0 aliphatic carbocycles. The normalized spacial score (nSPS) is 17.9. The van der Waals surface area contributed by atoms with Crippen LogP contribution in [-0.2, 0) is 6.54 Å². The lowest BCUT2D eigenvalue weighted by atomic mass is 10.1. The predicted octanol–water partition coefficient (Wildman–Crippen LogP) is 1.04. The summed E-state index contributed by atoms with van der Waals surface area (Å²) in [5.74, 6) is 0. The zero-order chi connectivity index (χ0) is 12.1. The van der Waals surface area contributed by atoms with Gasteiger partial charge in [0.2, 0.25) is 0 Å². The lowest BCUT2D eigenvalue weighted by Crippen LogP contribution is -2.46. The van der Waals surface area contributed by atoms with E-state index in [1.54, 1.807) is 5.51 Å². The Kier molecular flexibility index (Phi) is 4.33. The minimum Gasteiger partial charge on any atom is -0.335 e. The van der Waals surface area contributed by atoms with Crippen molar-refractivity contribution in [2.45, 2.75) is 25.4 Å². The third-order valence-electron chi connectivity index (χ3n) is 2.97. The summed E-state index contributed by atoms with van der Waals surface area (Å²) in [7, 11) is 2.11.